The van der Waals surface area contributed by atoms with Crippen LogP contribution in [0, 0.1) is 0 Å². The Bertz CT molecular complexity index is 1230. The smallest absolute Gasteiger partial charge is 0.405 e. The summed E-state index contributed by atoms with van der Waals surface area (Å²) >= 11 is 6.27. The highest BCUT2D eigenvalue weighted by Gasteiger charge is 2.20. The van der Waals surface area contributed by atoms with E-state index in [2.05, 4.69) is 20.9 Å². The molecule has 2 aromatic carbocycles. The van der Waals surface area contributed by atoms with Gasteiger partial charge in [-0.25, -0.2) is 14.6 Å². The van der Waals surface area contributed by atoms with Crippen LogP contribution in [-0.2, 0) is 4.74 Å². The predicted molar refractivity (Wildman–Crippen MR) is 125 cm³/mol. The van der Waals surface area contributed by atoms with E-state index in [4.69, 9.17) is 16.3 Å². The van der Waals surface area contributed by atoms with Crippen molar-refractivity contribution >= 4 is 40.3 Å². The van der Waals surface area contributed by atoms with Crippen LogP contribution < -0.4 is 21.5 Å². The first-order chi connectivity index (χ1) is 15.8. The molecule has 0 saturated heterocycles. The SMILES string of the molecule is COCCCNC(=O)Nc1cccc(-n2c(C(C)NC(=O)O)nc3cccc(Cl)c3c2=O)c1. The molecule has 3 aromatic rings. The number of methoxy groups -OCH3 is 1. The molecule has 1 atom stereocenters. The van der Waals surface area contributed by atoms with Gasteiger partial charge in [0.2, 0.25) is 0 Å². The van der Waals surface area contributed by atoms with Crippen LogP contribution >= 0.6 is 11.6 Å². The van der Waals surface area contributed by atoms with Crippen LogP contribution in [0.1, 0.15) is 25.2 Å². The molecule has 0 aliphatic heterocycles. The average Bonchev–Trinajstić information content (AvgIpc) is 2.76. The number of fused-ring (bicyclic) bond motifs is 1. The van der Waals surface area contributed by atoms with Crippen molar-refractivity contribution in [3.63, 3.8) is 0 Å². The zero-order chi connectivity index (χ0) is 24.0. The number of ether oxygens (including phenoxy) is 1. The van der Waals surface area contributed by atoms with Crippen LogP contribution in [0.5, 0.6) is 0 Å². The van der Waals surface area contributed by atoms with Crippen molar-refractivity contribution in [3.05, 3.63) is 63.7 Å². The molecule has 0 radical (unpaired) electrons. The Morgan fingerprint density at radius 3 is 2.73 bits per heavy atom. The molecule has 33 heavy (non-hydrogen) atoms. The maximum atomic E-state index is 13.4. The molecular weight excluding hydrogens is 450 g/mol. The fourth-order valence-corrected chi connectivity index (χ4v) is 3.56. The number of hydrogen-bond acceptors (Lipinski definition) is 5. The number of halogens is 1. The minimum absolute atomic E-state index is 0.179. The van der Waals surface area contributed by atoms with Gasteiger partial charge >= 0.3 is 12.1 Å². The molecule has 3 rings (SSSR count). The van der Waals surface area contributed by atoms with Crippen molar-refractivity contribution in [3.8, 4) is 5.69 Å². The molecule has 1 heterocycles. The van der Waals surface area contributed by atoms with Crippen molar-refractivity contribution in [1.82, 2.24) is 20.2 Å². The summed E-state index contributed by atoms with van der Waals surface area (Å²) in [6, 6.07) is 10.3. The molecule has 0 aliphatic carbocycles. The molecule has 0 aliphatic rings. The number of carboxylic acid groups (broad SMARTS) is 1. The highest BCUT2D eigenvalue weighted by atomic mass is 35.5. The summed E-state index contributed by atoms with van der Waals surface area (Å²) in [4.78, 5) is 41.4. The van der Waals surface area contributed by atoms with Gasteiger partial charge in [-0.2, -0.15) is 0 Å². The van der Waals surface area contributed by atoms with Gasteiger partial charge in [-0.1, -0.05) is 23.7 Å². The van der Waals surface area contributed by atoms with E-state index < -0.39 is 23.7 Å². The zero-order valence-electron chi connectivity index (χ0n) is 18.1. The number of rotatable bonds is 8. The summed E-state index contributed by atoms with van der Waals surface area (Å²) in [6.45, 7) is 2.55. The predicted octanol–water partition coefficient (Wildman–Crippen LogP) is 3.53. The monoisotopic (exact) mass is 473 g/mol. The van der Waals surface area contributed by atoms with E-state index in [1.807, 2.05) is 0 Å². The second-order valence-electron chi connectivity index (χ2n) is 7.19. The Morgan fingerprint density at radius 2 is 2.00 bits per heavy atom. The second-order valence-corrected chi connectivity index (χ2v) is 7.60. The fraction of sp³-hybridized carbons (Fsp3) is 0.273. The molecule has 0 saturated carbocycles. The number of nitrogens with one attached hydrogen (secondary N) is 3. The highest BCUT2D eigenvalue weighted by Crippen LogP contribution is 2.24. The topological polar surface area (TPSA) is 135 Å². The summed E-state index contributed by atoms with van der Waals surface area (Å²) in [5.74, 6) is 0.179. The molecule has 174 valence electrons. The van der Waals surface area contributed by atoms with Gasteiger partial charge in [-0.05, 0) is 43.7 Å². The Kier molecular flexibility index (Phi) is 7.86. The third-order valence-corrected chi connectivity index (χ3v) is 5.09. The first-order valence-electron chi connectivity index (χ1n) is 10.2. The van der Waals surface area contributed by atoms with Crippen molar-refractivity contribution in [2.45, 2.75) is 19.4 Å². The first-order valence-corrected chi connectivity index (χ1v) is 10.5. The van der Waals surface area contributed by atoms with Crippen LogP contribution in [0.15, 0.2) is 47.3 Å². The standard InChI is InChI=1S/C22H24ClN5O5/c1-13(25-22(31)32)19-27-17-9-4-8-16(23)18(17)20(29)28(19)15-7-3-6-14(12-15)26-21(30)24-10-5-11-33-2/h3-4,6-9,12-13,25H,5,10-11H2,1-2H3,(H,31,32)(H2,24,26,30). The summed E-state index contributed by atoms with van der Waals surface area (Å²) in [7, 11) is 1.59. The van der Waals surface area contributed by atoms with Gasteiger partial charge in [0.25, 0.3) is 5.56 Å². The molecule has 0 bridgehead atoms. The molecule has 1 aromatic heterocycles. The van der Waals surface area contributed by atoms with E-state index in [-0.39, 0.29) is 16.2 Å². The lowest BCUT2D eigenvalue weighted by Gasteiger charge is -2.19. The minimum Gasteiger partial charge on any atom is -0.465 e. The summed E-state index contributed by atoms with van der Waals surface area (Å²) in [5.41, 5.74) is 0.719. The Hall–Kier alpha value is -3.63. The maximum Gasteiger partial charge on any atom is 0.405 e. The maximum absolute atomic E-state index is 13.4. The van der Waals surface area contributed by atoms with Crippen molar-refractivity contribution in [2.24, 2.45) is 0 Å². The van der Waals surface area contributed by atoms with Crippen LogP contribution in [0.3, 0.4) is 0 Å². The highest BCUT2D eigenvalue weighted by molar-refractivity contribution is 6.35. The molecule has 3 amide bonds. The summed E-state index contributed by atoms with van der Waals surface area (Å²) in [5, 5.41) is 17.4. The van der Waals surface area contributed by atoms with Gasteiger partial charge < -0.3 is 25.8 Å². The van der Waals surface area contributed by atoms with E-state index in [0.717, 1.165) is 0 Å². The Morgan fingerprint density at radius 1 is 1.24 bits per heavy atom. The number of nitrogens with zero attached hydrogens (tertiary/aromatic N) is 2. The number of hydrogen-bond donors (Lipinski definition) is 4. The van der Waals surface area contributed by atoms with Crippen LogP contribution in [0.4, 0.5) is 15.3 Å². The van der Waals surface area contributed by atoms with E-state index in [1.54, 1.807) is 56.5 Å². The minimum atomic E-state index is -1.25. The number of benzene rings is 2. The van der Waals surface area contributed by atoms with E-state index in [1.165, 1.54) is 4.57 Å². The molecule has 11 heteroatoms. The van der Waals surface area contributed by atoms with Gasteiger partial charge in [0.1, 0.15) is 5.82 Å². The summed E-state index contributed by atoms with van der Waals surface area (Å²) in [6.07, 6.45) is -0.587. The van der Waals surface area contributed by atoms with Crippen molar-refractivity contribution in [1.29, 1.82) is 0 Å². The Labute approximate surface area is 194 Å². The first kappa shape index (κ1) is 24.0. The second kappa shape index (κ2) is 10.8. The quantitative estimate of drug-likeness (QED) is 0.370. The number of urea groups is 1. The molecule has 1 unspecified atom stereocenters. The third-order valence-electron chi connectivity index (χ3n) is 4.77. The zero-order valence-corrected chi connectivity index (χ0v) is 18.8. The average molecular weight is 474 g/mol. The number of anilines is 1. The fourth-order valence-electron chi connectivity index (χ4n) is 3.31. The lowest BCUT2D eigenvalue weighted by Crippen LogP contribution is -2.32. The summed E-state index contributed by atoms with van der Waals surface area (Å²) < 4.78 is 6.24. The lowest BCUT2D eigenvalue weighted by atomic mass is 10.2. The van der Waals surface area contributed by atoms with Crippen molar-refractivity contribution < 1.29 is 19.4 Å². The van der Waals surface area contributed by atoms with Crippen LogP contribution in [0.25, 0.3) is 16.6 Å². The van der Waals surface area contributed by atoms with E-state index in [9.17, 15) is 19.5 Å². The molecule has 0 fully saturated rings. The third kappa shape index (κ3) is 5.79. The van der Waals surface area contributed by atoms with E-state index >= 15 is 0 Å². The number of carbonyl (C=O) groups excluding carboxylic acids is 1. The molecule has 10 nitrogen and oxygen atoms in total. The Balaban J connectivity index is 2.03. The lowest BCUT2D eigenvalue weighted by molar-refractivity contribution is 0.190. The molecular formula is C22H24ClN5O5. The number of carbonyl (C=O) groups is 2. The van der Waals surface area contributed by atoms with Gasteiger partial charge in [-0.3, -0.25) is 9.36 Å². The molecule has 4 N–H and O–H groups in total. The van der Waals surface area contributed by atoms with Crippen LogP contribution in [0.2, 0.25) is 5.02 Å². The molecule has 0 spiro atoms. The van der Waals surface area contributed by atoms with Gasteiger partial charge in [-0.15, -0.1) is 0 Å². The van der Waals surface area contributed by atoms with Gasteiger partial charge in [0.05, 0.1) is 27.7 Å². The van der Waals surface area contributed by atoms with E-state index in [0.29, 0.717) is 36.5 Å². The number of amides is 3. The van der Waals surface area contributed by atoms with Gasteiger partial charge in [0, 0.05) is 25.9 Å². The van der Waals surface area contributed by atoms with Crippen molar-refractivity contribution in [2.75, 3.05) is 25.6 Å². The normalized spacial score (nSPS) is 11.7. The van der Waals surface area contributed by atoms with Gasteiger partial charge in [0.15, 0.2) is 0 Å². The van der Waals surface area contributed by atoms with Crippen LogP contribution in [-0.4, -0.2) is 47.0 Å². The number of aromatic nitrogens is 2. The largest absolute Gasteiger partial charge is 0.465 e.